The highest BCUT2D eigenvalue weighted by atomic mass is 16.8. The van der Waals surface area contributed by atoms with E-state index in [-0.39, 0.29) is 12.2 Å². The fourth-order valence-corrected chi connectivity index (χ4v) is 3.35. The van der Waals surface area contributed by atoms with E-state index in [9.17, 15) is 9.59 Å². The summed E-state index contributed by atoms with van der Waals surface area (Å²) in [7, 11) is 2.53. The molecule has 0 unspecified atom stereocenters. The van der Waals surface area contributed by atoms with Crippen LogP contribution < -0.4 is 0 Å². The van der Waals surface area contributed by atoms with Gasteiger partial charge in [-0.25, -0.2) is 4.79 Å². The van der Waals surface area contributed by atoms with Crippen LogP contribution in [0, 0.1) is 5.92 Å². The summed E-state index contributed by atoms with van der Waals surface area (Å²) in [5.74, 6) is -2.64. The Morgan fingerprint density at radius 3 is 2.43 bits per heavy atom. The monoisotopic (exact) mass is 301 g/mol. The molecule has 3 saturated heterocycles. The summed E-state index contributed by atoms with van der Waals surface area (Å²) in [5, 5.41) is 1.58. The van der Waals surface area contributed by atoms with Crippen LogP contribution in [0.3, 0.4) is 0 Å². The van der Waals surface area contributed by atoms with Gasteiger partial charge in [0.1, 0.15) is 18.1 Å². The minimum absolute atomic E-state index is 0.198. The lowest BCUT2D eigenvalue weighted by atomic mass is 9.91. The molecule has 0 N–H and O–H groups in total. The normalized spacial score (nSPS) is 40.7. The number of esters is 2. The number of hydroxylamine groups is 2. The topological polar surface area (TPSA) is 83.5 Å². The first-order valence-electron chi connectivity index (χ1n) is 6.82. The van der Waals surface area contributed by atoms with Gasteiger partial charge in [0.2, 0.25) is 0 Å². The number of hydrogen-bond acceptors (Lipinski definition) is 8. The lowest BCUT2D eigenvalue weighted by Crippen LogP contribution is -2.44. The summed E-state index contributed by atoms with van der Waals surface area (Å²) < 4.78 is 21.2. The fourth-order valence-electron chi connectivity index (χ4n) is 3.35. The lowest BCUT2D eigenvalue weighted by Gasteiger charge is -2.24. The third-order valence-corrected chi connectivity index (χ3v) is 4.10. The number of methoxy groups -OCH3 is 2. The molecule has 0 aromatic heterocycles. The Hall–Kier alpha value is -1.22. The molecule has 3 aliphatic rings. The molecule has 0 aromatic rings. The Morgan fingerprint density at radius 2 is 1.81 bits per heavy atom. The van der Waals surface area contributed by atoms with Crippen LogP contribution in [-0.4, -0.2) is 67.9 Å². The lowest BCUT2D eigenvalue weighted by molar-refractivity contribution is -0.209. The number of nitrogens with zero attached hydrogens (tertiary/aromatic N) is 1. The van der Waals surface area contributed by atoms with Crippen molar-refractivity contribution in [2.75, 3.05) is 20.8 Å². The molecule has 3 fully saturated rings. The predicted octanol–water partition coefficient (Wildman–Crippen LogP) is -0.533. The van der Waals surface area contributed by atoms with Crippen molar-refractivity contribution in [3.05, 3.63) is 0 Å². The van der Waals surface area contributed by atoms with Gasteiger partial charge in [-0.05, 0) is 13.8 Å². The van der Waals surface area contributed by atoms with Crippen LogP contribution in [0.4, 0.5) is 0 Å². The van der Waals surface area contributed by atoms with E-state index >= 15 is 0 Å². The number of fused-ring (bicyclic) bond motifs is 3. The summed E-state index contributed by atoms with van der Waals surface area (Å²) in [6, 6.07) is -0.423. The standard InChI is InChI=1S/C13H19NO7/c1-13(2)19-6-5-14-8(9(6)20-13)7(11(15)17-3)10(21-14)12(16)18-4/h6-10H,5H2,1-4H3/t6-,7-,8-,9+,10+/m0/s1. The molecule has 0 radical (unpaired) electrons. The van der Waals surface area contributed by atoms with E-state index in [4.69, 9.17) is 23.8 Å². The molecule has 3 rings (SSSR count). The van der Waals surface area contributed by atoms with Gasteiger partial charge in [-0.1, -0.05) is 0 Å². The third kappa shape index (κ3) is 2.22. The van der Waals surface area contributed by atoms with E-state index in [1.165, 1.54) is 14.2 Å². The zero-order valence-corrected chi connectivity index (χ0v) is 12.4. The second-order valence-electron chi connectivity index (χ2n) is 5.83. The highest BCUT2D eigenvalue weighted by Crippen LogP contribution is 2.44. The van der Waals surface area contributed by atoms with Gasteiger partial charge < -0.3 is 18.9 Å². The molecule has 0 bridgehead atoms. The minimum Gasteiger partial charge on any atom is -0.469 e. The summed E-state index contributed by atoms with van der Waals surface area (Å²) in [4.78, 5) is 29.5. The summed E-state index contributed by atoms with van der Waals surface area (Å²) in [6.45, 7) is 4.06. The largest absolute Gasteiger partial charge is 0.469 e. The Kier molecular flexibility index (Phi) is 3.44. The third-order valence-electron chi connectivity index (χ3n) is 4.10. The SMILES string of the molecule is COC(=O)[C@H]1[C@H]2[C@@H]3OC(C)(C)O[C@H]3CN2O[C@H]1C(=O)OC. The van der Waals surface area contributed by atoms with Gasteiger partial charge in [-0.15, -0.1) is 0 Å². The van der Waals surface area contributed by atoms with E-state index in [1.54, 1.807) is 5.06 Å². The Morgan fingerprint density at radius 1 is 1.14 bits per heavy atom. The molecule has 118 valence electrons. The number of carbonyl (C=O) groups excluding carboxylic acids is 2. The van der Waals surface area contributed by atoms with Crippen molar-refractivity contribution < 1.29 is 33.4 Å². The summed E-state index contributed by atoms with van der Waals surface area (Å²) in [5.41, 5.74) is 0. The van der Waals surface area contributed by atoms with Crippen LogP contribution in [-0.2, 0) is 33.4 Å². The maximum Gasteiger partial charge on any atom is 0.338 e. The smallest absolute Gasteiger partial charge is 0.338 e. The maximum atomic E-state index is 12.1. The van der Waals surface area contributed by atoms with E-state index < -0.39 is 35.8 Å². The van der Waals surface area contributed by atoms with Crippen molar-refractivity contribution in [2.45, 2.75) is 44.0 Å². The highest BCUT2D eigenvalue weighted by Gasteiger charge is 2.64. The molecule has 0 amide bonds. The first-order chi connectivity index (χ1) is 9.88. The molecule has 0 saturated carbocycles. The Balaban J connectivity index is 1.88. The molecule has 3 aliphatic heterocycles. The molecule has 0 aliphatic carbocycles. The van der Waals surface area contributed by atoms with E-state index in [0.29, 0.717) is 6.54 Å². The zero-order chi connectivity index (χ0) is 15.4. The Bertz CT molecular complexity index is 465. The van der Waals surface area contributed by atoms with Crippen molar-refractivity contribution in [3.63, 3.8) is 0 Å². The van der Waals surface area contributed by atoms with Crippen LogP contribution in [0.15, 0.2) is 0 Å². The van der Waals surface area contributed by atoms with Gasteiger partial charge in [0.15, 0.2) is 11.9 Å². The molecular weight excluding hydrogens is 282 g/mol. The quantitative estimate of drug-likeness (QED) is 0.629. The average molecular weight is 301 g/mol. The van der Waals surface area contributed by atoms with Crippen molar-refractivity contribution in [1.29, 1.82) is 0 Å². The van der Waals surface area contributed by atoms with Crippen LogP contribution in [0.5, 0.6) is 0 Å². The summed E-state index contributed by atoms with van der Waals surface area (Å²) in [6.07, 6.45) is -1.56. The molecule has 8 nitrogen and oxygen atoms in total. The van der Waals surface area contributed by atoms with Gasteiger partial charge in [0.05, 0.1) is 26.8 Å². The molecule has 8 heteroatoms. The van der Waals surface area contributed by atoms with Crippen molar-refractivity contribution in [2.24, 2.45) is 5.92 Å². The second kappa shape index (κ2) is 4.91. The average Bonchev–Trinajstić information content (AvgIpc) is 3.02. The molecule has 0 spiro atoms. The van der Waals surface area contributed by atoms with Crippen LogP contribution in [0.2, 0.25) is 0 Å². The molecular formula is C13H19NO7. The highest BCUT2D eigenvalue weighted by molar-refractivity contribution is 5.85. The van der Waals surface area contributed by atoms with Gasteiger partial charge in [0, 0.05) is 0 Å². The van der Waals surface area contributed by atoms with Crippen LogP contribution >= 0.6 is 0 Å². The zero-order valence-electron chi connectivity index (χ0n) is 12.4. The van der Waals surface area contributed by atoms with Crippen LogP contribution in [0.1, 0.15) is 13.8 Å². The molecule has 3 heterocycles. The van der Waals surface area contributed by atoms with E-state index in [0.717, 1.165) is 0 Å². The minimum atomic E-state index is -1.01. The molecule has 0 aromatic carbocycles. The Labute approximate surface area is 122 Å². The van der Waals surface area contributed by atoms with Crippen molar-refractivity contribution in [3.8, 4) is 0 Å². The van der Waals surface area contributed by atoms with Gasteiger partial charge in [-0.2, -0.15) is 5.06 Å². The van der Waals surface area contributed by atoms with Crippen molar-refractivity contribution in [1.82, 2.24) is 5.06 Å². The predicted molar refractivity (Wildman–Crippen MR) is 66.7 cm³/mol. The molecule has 21 heavy (non-hydrogen) atoms. The maximum absolute atomic E-state index is 12.1. The first-order valence-corrected chi connectivity index (χ1v) is 6.82. The fraction of sp³-hybridized carbons (Fsp3) is 0.846. The number of hydrogen-bond donors (Lipinski definition) is 0. The van der Waals surface area contributed by atoms with E-state index in [1.807, 2.05) is 13.8 Å². The summed E-state index contributed by atoms with van der Waals surface area (Å²) >= 11 is 0. The first kappa shape index (κ1) is 14.7. The second-order valence-corrected chi connectivity index (χ2v) is 5.83. The van der Waals surface area contributed by atoms with Gasteiger partial charge in [0.25, 0.3) is 0 Å². The van der Waals surface area contributed by atoms with Gasteiger partial charge >= 0.3 is 11.9 Å². The van der Waals surface area contributed by atoms with Crippen molar-refractivity contribution >= 4 is 11.9 Å². The van der Waals surface area contributed by atoms with Crippen LogP contribution in [0.25, 0.3) is 0 Å². The number of carbonyl (C=O) groups is 2. The van der Waals surface area contributed by atoms with Gasteiger partial charge in [-0.3, -0.25) is 9.63 Å². The number of ether oxygens (including phenoxy) is 4. The molecule has 5 atom stereocenters. The number of rotatable bonds is 2. The van der Waals surface area contributed by atoms with E-state index in [2.05, 4.69) is 0 Å².